The SMILES string of the molecule is CC(C)Cc1ncnc(N2CCC[C@H](c3nncn3C)C2)c1I. The molecule has 1 atom stereocenters. The van der Waals surface area contributed by atoms with Crippen molar-refractivity contribution in [1.29, 1.82) is 0 Å². The van der Waals surface area contributed by atoms with E-state index in [-0.39, 0.29) is 0 Å². The zero-order valence-corrected chi connectivity index (χ0v) is 16.1. The smallest absolute Gasteiger partial charge is 0.145 e. The number of hydrogen-bond donors (Lipinski definition) is 0. The minimum atomic E-state index is 0.413. The Morgan fingerprint density at radius 3 is 2.87 bits per heavy atom. The van der Waals surface area contributed by atoms with Crippen molar-refractivity contribution in [2.45, 2.75) is 39.0 Å². The highest BCUT2D eigenvalue weighted by molar-refractivity contribution is 14.1. The zero-order valence-electron chi connectivity index (χ0n) is 13.9. The van der Waals surface area contributed by atoms with E-state index in [0.717, 1.165) is 49.7 Å². The molecule has 6 nitrogen and oxygen atoms in total. The van der Waals surface area contributed by atoms with Crippen LogP contribution in [-0.2, 0) is 13.5 Å². The van der Waals surface area contributed by atoms with Gasteiger partial charge in [-0.15, -0.1) is 10.2 Å². The topological polar surface area (TPSA) is 59.7 Å². The van der Waals surface area contributed by atoms with Crippen LogP contribution in [0.3, 0.4) is 0 Å². The Balaban J connectivity index is 1.83. The van der Waals surface area contributed by atoms with Crippen molar-refractivity contribution in [2.24, 2.45) is 13.0 Å². The van der Waals surface area contributed by atoms with Crippen LogP contribution in [0.15, 0.2) is 12.7 Å². The van der Waals surface area contributed by atoms with E-state index in [0.29, 0.717) is 11.8 Å². The molecule has 0 spiro atoms. The van der Waals surface area contributed by atoms with Crippen LogP contribution in [0, 0.1) is 9.49 Å². The summed E-state index contributed by atoms with van der Waals surface area (Å²) in [6.45, 7) is 6.44. The quantitative estimate of drug-likeness (QED) is 0.704. The Morgan fingerprint density at radius 1 is 1.35 bits per heavy atom. The average Bonchev–Trinajstić information content (AvgIpc) is 2.95. The maximum Gasteiger partial charge on any atom is 0.145 e. The summed E-state index contributed by atoms with van der Waals surface area (Å²) >= 11 is 2.40. The molecule has 0 radical (unpaired) electrons. The van der Waals surface area contributed by atoms with Crippen molar-refractivity contribution >= 4 is 28.4 Å². The van der Waals surface area contributed by atoms with Crippen molar-refractivity contribution in [3.05, 3.63) is 27.7 Å². The molecule has 3 heterocycles. The Bertz CT molecular complexity index is 668. The molecule has 1 aliphatic rings. The summed E-state index contributed by atoms with van der Waals surface area (Å²) in [6, 6.07) is 0. The van der Waals surface area contributed by atoms with E-state index in [9.17, 15) is 0 Å². The van der Waals surface area contributed by atoms with Crippen molar-refractivity contribution in [3.8, 4) is 0 Å². The van der Waals surface area contributed by atoms with Gasteiger partial charge >= 0.3 is 0 Å². The minimum Gasteiger partial charge on any atom is -0.355 e. The molecule has 3 rings (SSSR count). The Kier molecular flexibility index (Phi) is 5.13. The summed E-state index contributed by atoms with van der Waals surface area (Å²) < 4.78 is 3.22. The van der Waals surface area contributed by atoms with Gasteiger partial charge in [0.25, 0.3) is 0 Å². The number of nitrogens with zero attached hydrogens (tertiary/aromatic N) is 6. The molecule has 0 aromatic carbocycles. The zero-order chi connectivity index (χ0) is 16.4. The van der Waals surface area contributed by atoms with Crippen LogP contribution >= 0.6 is 22.6 Å². The molecule has 124 valence electrons. The molecule has 0 unspecified atom stereocenters. The van der Waals surface area contributed by atoms with E-state index in [2.05, 4.69) is 61.5 Å². The first-order chi connectivity index (χ1) is 11.1. The van der Waals surface area contributed by atoms with E-state index >= 15 is 0 Å². The van der Waals surface area contributed by atoms with E-state index in [1.807, 2.05) is 11.6 Å². The van der Waals surface area contributed by atoms with Gasteiger partial charge in [-0.3, -0.25) is 0 Å². The van der Waals surface area contributed by atoms with Crippen molar-refractivity contribution in [3.63, 3.8) is 0 Å². The number of rotatable bonds is 4. The fourth-order valence-electron chi connectivity index (χ4n) is 3.19. The lowest BCUT2D eigenvalue weighted by molar-refractivity contribution is 0.476. The summed E-state index contributed by atoms with van der Waals surface area (Å²) in [5.41, 5.74) is 1.16. The van der Waals surface area contributed by atoms with Crippen LogP contribution in [0.2, 0.25) is 0 Å². The molecule has 0 amide bonds. The minimum absolute atomic E-state index is 0.413. The van der Waals surface area contributed by atoms with Crippen LogP contribution in [0.4, 0.5) is 5.82 Å². The predicted octanol–water partition coefficient (Wildman–Crippen LogP) is 2.79. The van der Waals surface area contributed by atoms with Crippen molar-refractivity contribution in [2.75, 3.05) is 18.0 Å². The highest BCUT2D eigenvalue weighted by Crippen LogP contribution is 2.31. The van der Waals surface area contributed by atoms with Crippen LogP contribution < -0.4 is 4.90 Å². The number of halogens is 1. The standard InChI is InChI=1S/C16H23IN6/c1-11(2)7-13-14(17)16(19-9-18-13)23-6-4-5-12(8-23)15-21-20-10-22(15)3/h9-12H,4-8H2,1-3H3/t12-/m0/s1. The summed E-state index contributed by atoms with van der Waals surface area (Å²) in [7, 11) is 2.02. The fraction of sp³-hybridized carbons (Fsp3) is 0.625. The normalized spacial score (nSPS) is 18.7. The maximum absolute atomic E-state index is 4.57. The van der Waals surface area contributed by atoms with E-state index in [1.165, 1.54) is 3.57 Å². The third kappa shape index (κ3) is 3.64. The summed E-state index contributed by atoms with van der Waals surface area (Å²) in [6.07, 6.45) is 6.79. The average molecular weight is 426 g/mol. The van der Waals surface area contributed by atoms with Crippen molar-refractivity contribution in [1.82, 2.24) is 24.7 Å². The van der Waals surface area contributed by atoms with Gasteiger partial charge in [0.15, 0.2) is 0 Å². The second kappa shape index (κ2) is 7.11. The number of aryl methyl sites for hydroxylation is 1. The monoisotopic (exact) mass is 426 g/mol. The molecule has 7 heteroatoms. The van der Waals surface area contributed by atoms with Crippen LogP contribution in [0.25, 0.3) is 0 Å². The molecular formula is C16H23IN6. The molecule has 1 saturated heterocycles. The number of piperidine rings is 1. The second-order valence-corrected chi connectivity index (χ2v) is 7.72. The van der Waals surface area contributed by atoms with Gasteiger partial charge in [-0.1, -0.05) is 13.8 Å². The number of aromatic nitrogens is 5. The van der Waals surface area contributed by atoms with Gasteiger partial charge in [-0.05, 0) is 47.8 Å². The predicted molar refractivity (Wildman–Crippen MR) is 98.5 cm³/mol. The third-order valence-electron chi connectivity index (χ3n) is 4.28. The van der Waals surface area contributed by atoms with Crippen LogP contribution in [0.1, 0.15) is 44.1 Å². The molecule has 0 bridgehead atoms. The molecule has 0 saturated carbocycles. The lowest BCUT2D eigenvalue weighted by Crippen LogP contribution is -2.36. The van der Waals surface area contributed by atoms with E-state index < -0.39 is 0 Å². The largest absolute Gasteiger partial charge is 0.355 e. The van der Waals surface area contributed by atoms with Gasteiger partial charge in [-0.25, -0.2) is 9.97 Å². The molecule has 2 aromatic heterocycles. The lowest BCUT2D eigenvalue weighted by Gasteiger charge is -2.33. The fourth-order valence-corrected chi connectivity index (χ4v) is 4.03. The Hall–Kier alpha value is -1.25. The van der Waals surface area contributed by atoms with Gasteiger partial charge in [0.2, 0.25) is 0 Å². The molecule has 0 N–H and O–H groups in total. The molecule has 2 aromatic rings. The summed E-state index contributed by atoms with van der Waals surface area (Å²) in [4.78, 5) is 11.4. The molecular weight excluding hydrogens is 403 g/mol. The van der Waals surface area contributed by atoms with E-state index in [4.69, 9.17) is 0 Å². The lowest BCUT2D eigenvalue weighted by atomic mass is 9.97. The highest BCUT2D eigenvalue weighted by atomic mass is 127. The van der Waals surface area contributed by atoms with Gasteiger partial charge < -0.3 is 9.47 Å². The summed E-state index contributed by atoms with van der Waals surface area (Å²) in [5.74, 6) is 3.15. The van der Waals surface area contributed by atoms with Crippen LogP contribution in [-0.4, -0.2) is 37.8 Å². The Labute approximate surface area is 150 Å². The number of hydrogen-bond acceptors (Lipinski definition) is 5. The summed E-state index contributed by atoms with van der Waals surface area (Å²) in [5, 5.41) is 8.32. The molecule has 23 heavy (non-hydrogen) atoms. The van der Waals surface area contributed by atoms with Gasteiger partial charge in [0.1, 0.15) is 24.3 Å². The molecule has 1 fully saturated rings. The van der Waals surface area contributed by atoms with Crippen molar-refractivity contribution < 1.29 is 0 Å². The highest BCUT2D eigenvalue weighted by Gasteiger charge is 2.27. The van der Waals surface area contributed by atoms with Gasteiger partial charge in [0.05, 0.1) is 9.26 Å². The maximum atomic E-state index is 4.57. The molecule has 1 aliphatic heterocycles. The van der Waals surface area contributed by atoms with Crippen LogP contribution in [0.5, 0.6) is 0 Å². The van der Waals surface area contributed by atoms with E-state index in [1.54, 1.807) is 12.7 Å². The molecule has 0 aliphatic carbocycles. The van der Waals surface area contributed by atoms with Gasteiger partial charge in [0, 0.05) is 26.1 Å². The first-order valence-electron chi connectivity index (χ1n) is 8.14. The first kappa shape index (κ1) is 16.6. The van der Waals surface area contributed by atoms with Gasteiger partial charge in [-0.2, -0.15) is 0 Å². The number of anilines is 1. The third-order valence-corrected chi connectivity index (χ3v) is 5.38. The Morgan fingerprint density at radius 2 is 2.17 bits per heavy atom. The first-order valence-corrected chi connectivity index (χ1v) is 9.22. The second-order valence-electron chi connectivity index (χ2n) is 6.64.